The summed E-state index contributed by atoms with van der Waals surface area (Å²) in [5.41, 5.74) is 0.544. The Labute approximate surface area is 117 Å². The smallest absolute Gasteiger partial charge is 0.305 e. The van der Waals surface area contributed by atoms with Crippen molar-refractivity contribution in [2.45, 2.75) is 44.2 Å². The highest BCUT2D eigenvalue weighted by molar-refractivity contribution is 7.91. The van der Waals surface area contributed by atoms with E-state index in [2.05, 4.69) is 18.8 Å². The quantitative estimate of drug-likeness (QED) is 0.924. The zero-order chi connectivity index (χ0) is 14.3. The Morgan fingerprint density at radius 1 is 1.37 bits per heavy atom. The van der Waals surface area contributed by atoms with Gasteiger partial charge in [0.15, 0.2) is 4.21 Å². The number of aromatic amines is 1. The molecular formula is C12H20N2O3S2. The minimum absolute atomic E-state index is 0.0994. The molecule has 1 aromatic heterocycles. The Morgan fingerprint density at radius 2 is 2.00 bits per heavy atom. The summed E-state index contributed by atoms with van der Waals surface area (Å²) in [6.07, 6.45) is 2.87. The summed E-state index contributed by atoms with van der Waals surface area (Å²) in [5.74, 6) is 0. The summed E-state index contributed by atoms with van der Waals surface area (Å²) in [4.78, 5) is 13.5. The molecule has 0 bridgehead atoms. The van der Waals surface area contributed by atoms with Crippen molar-refractivity contribution in [3.8, 4) is 0 Å². The van der Waals surface area contributed by atoms with Gasteiger partial charge in [-0.2, -0.15) is 4.31 Å². The van der Waals surface area contributed by atoms with Crippen LogP contribution in [0.3, 0.4) is 0 Å². The summed E-state index contributed by atoms with van der Waals surface area (Å²) in [5, 5.41) is 0. The summed E-state index contributed by atoms with van der Waals surface area (Å²) in [7, 11) is -3.52. The third-order valence-electron chi connectivity index (χ3n) is 4.26. The lowest BCUT2D eigenvalue weighted by Crippen LogP contribution is -2.31. The first-order valence-corrected chi connectivity index (χ1v) is 8.80. The van der Waals surface area contributed by atoms with Crippen molar-refractivity contribution in [1.82, 2.24) is 9.29 Å². The van der Waals surface area contributed by atoms with Gasteiger partial charge in [-0.1, -0.05) is 25.2 Å². The van der Waals surface area contributed by atoms with Crippen LogP contribution in [0.2, 0.25) is 0 Å². The number of nitrogens with one attached hydrogen (secondary N) is 1. The lowest BCUT2D eigenvalue weighted by Gasteiger charge is -2.26. The Kier molecular flexibility index (Phi) is 3.90. The molecule has 7 heteroatoms. The SMILES string of the molecule is CCC1(CC)CCN(S(=O)(=O)c2sc(=O)[nH]c2C)C1. The molecule has 1 aliphatic rings. The van der Waals surface area contributed by atoms with Crippen molar-refractivity contribution < 1.29 is 8.42 Å². The van der Waals surface area contributed by atoms with Crippen molar-refractivity contribution in [3.63, 3.8) is 0 Å². The van der Waals surface area contributed by atoms with Gasteiger partial charge in [0.2, 0.25) is 0 Å². The number of aryl methyl sites for hydroxylation is 1. The highest BCUT2D eigenvalue weighted by Gasteiger charge is 2.41. The van der Waals surface area contributed by atoms with Crippen molar-refractivity contribution in [2.24, 2.45) is 5.41 Å². The van der Waals surface area contributed by atoms with Crippen molar-refractivity contribution in [2.75, 3.05) is 13.1 Å². The van der Waals surface area contributed by atoms with E-state index in [0.717, 1.165) is 30.6 Å². The van der Waals surface area contributed by atoms with E-state index in [4.69, 9.17) is 0 Å². The van der Waals surface area contributed by atoms with Crippen LogP contribution in [0.4, 0.5) is 0 Å². The van der Waals surface area contributed by atoms with Gasteiger partial charge in [-0.3, -0.25) is 4.79 Å². The van der Waals surface area contributed by atoms with Crippen molar-refractivity contribution in [1.29, 1.82) is 0 Å². The van der Waals surface area contributed by atoms with Crippen LogP contribution in [-0.2, 0) is 10.0 Å². The van der Waals surface area contributed by atoms with E-state index in [1.807, 2.05) is 0 Å². The molecule has 19 heavy (non-hydrogen) atoms. The molecule has 0 radical (unpaired) electrons. The fourth-order valence-corrected chi connectivity index (χ4v) is 5.67. The predicted octanol–water partition coefficient (Wildman–Crippen LogP) is 1.95. The van der Waals surface area contributed by atoms with Gasteiger partial charge >= 0.3 is 4.87 Å². The van der Waals surface area contributed by atoms with E-state index in [9.17, 15) is 13.2 Å². The van der Waals surface area contributed by atoms with Crippen LogP contribution in [0.1, 0.15) is 38.8 Å². The van der Waals surface area contributed by atoms with Crippen LogP contribution in [0.5, 0.6) is 0 Å². The van der Waals surface area contributed by atoms with E-state index in [1.54, 1.807) is 6.92 Å². The topological polar surface area (TPSA) is 70.2 Å². The second-order valence-electron chi connectivity index (χ2n) is 5.22. The molecular weight excluding hydrogens is 284 g/mol. The summed E-state index contributed by atoms with van der Waals surface area (Å²) in [6, 6.07) is 0. The van der Waals surface area contributed by atoms with Crippen molar-refractivity contribution >= 4 is 21.4 Å². The normalized spacial score (nSPS) is 19.9. The standard InChI is InChI=1S/C12H20N2O3S2/c1-4-12(5-2)6-7-14(8-12)19(16,17)10-9(3)13-11(15)18-10/h4-8H2,1-3H3,(H,13,15). The monoisotopic (exact) mass is 304 g/mol. The minimum Gasteiger partial charge on any atom is -0.315 e. The second-order valence-corrected chi connectivity index (χ2v) is 8.34. The molecule has 0 saturated carbocycles. The van der Waals surface area contributed by atoms with E-state index in [1.165, 1.54) is 4.31 Å². The molecule has 1 N–H and O–H groups in total. The molecule has 0 unspecified atom stereocenters. The number of sulfonamides is 1. The van der Waals surface area contributed by atoms with E-state index >= 15 is 0 Å². The molecule has 108 valence electrons. The molecule has 1 aromatic rings. The largest absolute Gasteiger partial charge is 0.315 e. The third-order valence-corrected chi connectivity index (χ3v) is 7.69. The number of thiazole rings is 1. The highest BCUT2D eigenvalue weighted by Crippen LogP contribution is 2.39. The maximum absolute atomic E-state index is 12.6. The zero-order valence-electron chi connectivity index (χ0n) is 11.5. The lowest BCUT2D eigenvalue weighted by atomic mass is 9.82. The van der Waals surface area contributed by atoms with Gasteiger partial charge in [-0.05, 0) is 31.6 Å². The summed E-state index contributed by atoms with van der Waals surface area (Å²) < 4.78 is 26.8. The molecule has 1 fully saturated rings. The Hall–Kier alpha value is -0.660. The number of H-pyrrole nitrogens is 1. The molecule has 0 aliphatic carbocycles. The van der Waals surface area contributed by atoms with Crippen LogP contribution in [0.15, 0.2) is 9.00 Å². The first kappa shape index (κ1) is 14.7. The second kappa shape index (κ2) is 5.03. The van der Waals surface area contributed by atoms with Gasteiger partial charge in [0.05, 0.1) is 0 Å². The third kappa shape index (κ3) is 2.51. The lowest BCUT2D eigenvalue weighted by molar-refractivity contribution is 0.280. The Bertz CT molecular complexity index is 611. The summed E-state index contributed by atoms with van der Waals surface area (Å²) >= 11 is 0.783. The molecule has 5 nitrogen and oxygen atoms in total. The fraction of sp³-hybridized carbons (Fsp3) is 0.750. The molecule has 0 spiro atoms. The number of hydrogen-bond donors (Lipinski definition) is 1. The van der Waals surface area contributed by atoms with Gasteiger partial charge in [-0.15, -0.1) is 0 Å². The minimum atomic E-state index is -3.52. The molecule has 2 rings (SSSR count). The Balaban J connectivity index is 2.33. The van der Waals surface area contributed by atoms with Crippen LogP contribution < -0.4 is 4.87 Å². The first-order chi connectivity index (χ1) is 8.84. The van der Waals surface area contributed by atoms with Gasteiger partial charge in [0.25, 0.3) is 10.0 Å². The number of rotatable bonds is 4. The number of aromatic nitrogens is 1. The molecule has 0 atom stereocenters. The average Bonchev–Trinajstić information content (AvgIpc) is 2.94. The van der Waals surface area contributed by atoms with E-state index in [0.29, 0.717) is 18.8 Å². The molecule has 2 heterocycles. The first-order valence-electron chi connectivity index (χ1n) is 6.54. The van der Waals surface area contributed by atoms with Crippen LogP contribution in [0, 0.1) is 12.3 Å². The highest BCUT2D eigenvalue weighted by atomic mass is 32.2. The fourth-order valence-electron chi connectivity index (χ4n) is 2.68. The van der Waals surface area contributed by atoms with Gasteiger partial charge in [0, 0.05) is 18.8 Å². The molecule has 1 saturated heterocycles. The van der Waals surface area contributed by atoms with Crippen LogP contribution in [-0.4, -0.2) is 30.8 Å². The predicted molar refractivity (Wildman–Crippen MR) is 76.1 cm³/mol. The van der Waals surface area contributed by atoms with Gasteiger partial charge in [-0.25, -0.2) is 8.42 Å². The van der Waals surface area contributed by atoms with Crippen molar-refractivity contribution in [3.05, 3.63) is 15.4 Å². The number of hydrogen-bond acceptors (Lipinski definition) is 4. The van der Waals surface area contributed by atoms with Crippen LogP contribution >= 0.6 is 11.3 Å². The maximum Gasteiger partial charge on any atom is 0.305 e. The summed E-state index contributed by atoms with van der Waals surface area (Å²) in [6.45, 7) is 6.97. The van der Waals surface area contributed by atoms with Crippen LogP contribution in [0.25, 0.3) is 0 Å². The maximum atomic E-state index is 12.6. The molecule has 0 aromatic carbocycles. The Morgan fingerprint density at radius 3 is 2.42 bits per heavy atom. The average molecular weight is 304 g/mol. The van der Waals surface area contributed by atoms with Gasteiger partial charge in [0.1, 0.15) is 0 Å². The molecule has 1 aliphatic heterocycles. The zero-order valence-corrected chi connectivity index (χ0v) is 13.2. The molecule has 0 amide bonds. The van der Waals surface area contributed by atoms with E-state index < -0.39 is 10.0 Å². The van der Waals surface area contributed by atoms with E-state index in [-0.39, 0.29) is 14.5 Å². The number of nitrogens with zero attached hydrogens (tertiary/aromatic N) is 1. The van der Waals surface area contributed by atoms with Gasteiger partial charge < -0.3 is 4.98 Å².